The lowest BCUT2D eigenvalue weighted by molar-refractivity contribution is -0.121. The Labute approximate surface area is 98.9 Å². The summed E-state index contributed by atoms with van der Waals surface area (Å²) in [7, 11) is 0. The van der Waals surface area contributed by atoms with E-state index in [0.717, 1.165) is 5.56 Å². The molecule has 1 aromatic carbocycles. The molecule has 0 spiro atoms. The second kappa shape index (κ2) is 6.48. The number of halogens is 1. The van der Waals surface area contributed by atoms with Gasteiger partial charge in [0, 0.05) is 5.02 Å². The number of hydrogen-bond donors (Lipinski definition) is 3. The molecule has 1 amide bonds. The summed E-state index contributed by atoms with van der Waals surface area (Å²) in [6.45, 7) is -0.550. The van der Waals surface area contributed by atoms with Gasteiger partial charge in [-0.25, -0.2) is 0 Å². The number of rotatable bonds is 5. The van der Waals surface area contributed by atoms with Crippen LogP contribution < -0.4 is 5.32 Å². The molecule has 1 aromatic rings. The number of nitrogens with one attached hydrogen (secondary N) is 1. The van der Waals surface area contributed by atoms with E-state index >= 15 is 0 Å². The Morgan fingerprint density at radius 2 is 1.81 bits per heavy atom. The van der Waals surface area contributed by atoms with E-state index in [9.17, 15) is 4.79 Å². The Morgan fingerprint density at radius 1 is 1.25 bits per heavy atom. The third-order valence-electron chi connectivity index (χ3n) is 2.08. The van der Waals surface area contributed by atoms with E-state index < -0.39 is 6.04 Å². The molecule has 4 nitrogen and oxygen atoms in total. The van der Waals surface area contributed by atoms with Crippen LogP contribution in [0.1, 0.15) is 5.56 Å². The third-order valence-corrected chi connectivity index (χ3v) is 2.34. The highest BCUT2D eigenvalue weighted by molar-refractivity contribution is 6.30. The molecule has 0 saturated heterocycles. The fraction of sp³-hybridized carbons (Fsp3) is 0.364. The first-order chi connectivity index (χ1) is 7.65. The van der Waals surface area contributed by atoms with Gasteiger partial charge in [0.05, 0.1) is 25.7 Å². The molecule has 5 heteroatoms. The highest BCUT2D eigenvalue weighted by Crippen LogP contribution is 2.09. The van der Waals surface area contributed by atoms with Crippen molar-refractivity contribution < 1.29 is 15.0 Å². The molecule has 0 radical (unpaired) electrons. The van der Waals surface area contributed by atoms with Gasteiger partial charge in [-0.3, -0.25) is 4.79 Å². The quantitative estimate of drug-likeness (QED) is 0.699. The number of hydrogen-bond acceptors (Lipinski definition) is 3. The van der Waals surface area contributed by atoms with E-state index in [-0.39, 0.29) is 25.5 Å². The summed E-state index contributed by atoms with van der Waals surface area (Å²) >= 11 is 5.71. The zero-order valence-electron chi connectivity index (χ0n) is 8.69. The first-order valence-corrected chi connectivity index (χ1v) is 5.29. The average Bonchev–Trinajstić information content (AvgIpc) is 2.29. The first kappa shape index (κ1) is 13.0. The predicted molar refractivity (Wildman–Crippen MR) is 61.3 cm³/mol. The van der Waals surface area contributed by atoms with Gasteiger partial charge in [0.2, 0.25) is 5.91 Å². The molecule has 0 aromatic heterocycles. The minimum Gasteiger partial charge on any atom is -0.394 e. The van der Waals surface area contributed by atoms with Gasteiger partial charge in [0.25, 0.3) is 0 Å². The minimum atomic E-state index is -0.597. The second-order valence-electron chi connectivity index (χ2n) is 3.43. The smallest absolute Gasteiger partial charge is 0.224 e. The predicted octanol–water partition coefficient (Wildman–Crippen LogP) is 0.352. The maximum Gasteiger partial charge on any atom is 0.224 e. The summed E-state index contributed by atoms with van der Waals surface area (Å²) in [5, 5.41) is 20.7. The number of amides is 1. The summed E-state index contributed by atoms with van der Waals surface area (Å²) in [5.74, 6) is -0.240. The highest BCUT2D eigenvalue weighted by Gasteiger charge is 2.10. The molecule has 0 bridgehead atoms. The van der Waals surface area contributed by atoms with Crippen molar-refractivity contribution in [1.29, 1.82) is 0 Å². The molecule has 3 N–H and O–H groups in total. The lowest BCUT2D eigenvalue weighted by atomic mass is 10.1. The monoisotopic (exact) mass is 243 g/mol. The van der Waals surface area contributed by atoms with Crippen LogP contribution in [0.3, 0.4) is 0 Å². The largest absolute Gasteiger partial charge is 0.394 e. The maximum atomic E-state index is 11.5. The van der Waals surface area contributed by atoms with Gasteiger partial charge < -0.3 is 15.5 Å². The van der Waals surface area contributed by atoms with Gasteiger partial charge in [-0.1, -0.05) is 23.7 Å². The van der Waals surface area contributed by atoms with Crippen molar-refractivity contribution in [3.05, 3.63) is 34.9 Å². The van der Waals surface area contributed by atoms with Crippen LogP contribution in [0, 0.1) is 0 Å². The SMILES string of the molecule is O=C(Cc1ccc(Cl)cc1)NC(CO)CO. The van der Waals surface area contributed by atoms with E-state index in [1.165, 1.54) is 0 Å². The zero-order valence-corrected chi connectivity index (χ0v) is 9.44. The molecule has 0 unspecified atom stereocenters. The van der Waals surface area contributed by atoms with Crippen molar-refractivity contribution in [2.75, 3.05) is 13.2 Å². The van der Waals surface area contributed by atoms with Crippen LogP contribution in [0.2, 0.25) is 5.02 Å². The summed E-state index contributed by atoms with van der Waals surface area (Å²) in [4.78, 5) is 11.5. The molecular weight excluding hydrogens is 230 g/mol. The molecule has 0 saturated carbocycles. The molecule has 0 aliphatic rings. The standard InChI is InChI=1S/C11H14ClNO3/c12-9-3-1-8(2-4-9)5-11(16)13-10(6-14)7-15/h1-4,10,14-15H,5-7H2,(H,13,16). The Kier molecular flexibility index (Phi) is 5.25. The molecule has 16 heavy (non-hydrogen) atoms. The first-order valence-electron chi connectivity index (χ1n) is 4.91. The van der Waals surface area contributed by atoms with Crippen LogP contribution in [0.15, 0.2) is 24.3 Å². The van der Waals surface area contributed by atoms with Gasteiger partial charge in [0.15, 0.2) is 0 Å². The van der Waals surface area contributed by atoms with Crippen molar-refractivity contribution in [2.24, 2.45) is 0 Å². The van der Waals surface area contributed by atoms with Crippen LogP contribution in [0.25, 0.3) is 0 Å². The van der Waals surface area contributed by atoms with Crippen LogP contribution in [-0.2, 0) is 11.2 Å². The van der Waals surface area contributed by atoms with E-state index in [2.05, 4.69) is 5.32 Å². The number of carbonyl (C=O) groups excluding carboxylic acids is 1. The lowest BCUT2D eigenvalue weighted by Crippen LogP contribution is -2.40. The minimum absolute atomic E-state index is 0.202. The van der Waals surface area contributed by atoms with Crippen molar-refractivity contribution in [1.82, 2.24) is 5.32 Å². The van der Waals surface area contributed by atoms with Gasteiger partial charge >= 0.3 is 0 Å². The van der Waals surface area contributed by atoms with Gasteiger partial charge in [0.1, 0.15) is 0 Å². The fourth-order valence-electron chi connectivity index (χ4n) is 1.22. The van der Waals surface area contributed by atoms with Crippen LogP contribution in [-0.4, -0.2) is 35.4 Å². The van der Waals surface area contributed by atoms with Crippen LogP contribution in [0.4, 0.5) is 0 Å². The normalized spacial score (nSPS) is 10.5. The Morgan fingerprint density at radius 3 is 2.31 bits per heavy atom. The van der Waals surface area contributed by atoms with E-state index in [0.29, 0.717) is 5.02 Å². The van der Waals surface area contributed by atoms with Gasteiger partial charge in [-0.15, -0.1) is 0 Å². The van der Waals surface area contributed by atoms with Crippen LogP contribution >= 0.6 is 11.6 Å². The molecule has 0 aliphatic carbocycles. The Hall–Kier alpha value is -1.10. The molecule has 0 atom stereocenters. The average molecular weight is 244 g/mol. The van der Waals surface area contributed by atoms with Crippen molar-refractivity contribution in [3.8, 4) is 0 Å². The second-order valence-corrected chi connectivity index (χ2v) is 3.87. The van der Waals surface area contributed by atoms with E-state index in [1.54, 1.807) is 24.3 Å². The highest BCUT2D eigenvalue weighted by atomic mass is 35.5. The van der Waals surface area contributed by atoms with Crippen molar-refractivity contribution in [3.63, 3.8) is 0 Å². The summed E-state index contributed by atoms with van der Waals surface area (Å²) in [6, 6.07) is 6.34. The van der Waals surface area contributed by atoms with Gasteiger partial charge in [-0.2, -0.15) is 0 Å². The number of carbonyl (C=O) groups is 1. The topological polar surface area (TPSA) is 69.6 Å². The summed E-state index contributed by atoms with van der Waals surface area (Å²) in [5.41, 5.74) is 0.830. The van der Waals surface area contributed by atoms with E-state index in [1.807, 2.05) is 0 Å². The van der Waals surface area contributed by atoms with Crippen molar-refractivity contribution >= 4 is 17.5 Å². The number of aliphatic hydroxyl groups excluding tert-OH is 2. The Balaban J connectivity index is 2.48. The zero-order chi connectivity index (χ0) is 12.0. The molecule has 0 heterocycles. The lowest BCUT2D eigenvalue weighted by Gasteiger charge is -2.13. The maximum absolute atomic E-state index is 11.5. The number of benzene rings is 1. The molecule has 0 aliphatic heterocycles. The summed E-state index contributed by atoms with van der Waals surface area (Å²) < 4.78 is 0. The Bertz CT molecular complexity index is 336. The molecular formula is C11H14ClNO3. The molecule has 1 rings (SSSR count). The third kappa shape index (κ3) is 4.18. The van der Waals surface area contributed by atoms with Crippen LogP contribution in [0.5, 0.6) is 0 Å². The molecule has 88 valence electrons. The van der Waals surface area contributed by atoms with Gasteiger partial charge in [-0.05, 0) is 17.7 Å². The van der Waals surface area contributed by atoms with Crippen molar-refractivity contribution in [2.45, 2.75) is 12.5 Å². The number of aliphatic hydroxyl groups is 2. The molecule has 0 fully saturated rings. The fourth-order valence-corrected chi connectivity index (χ4v) is 1.34. The summed E-state index contributed by atoms with van der Waals surface area (Å²) in [6.07, 6.45) is 0.202. The van der Waals surface area contributed by atoms with E-state index in [4.69, 9.17) is 21.8 Å².